The van der Waals surface area contributed by atoms with Gasteiger partial charge in [0, 0.05) is 0 Å². The maximum Gasteiger partial charge on any atom is 0.413 e. The number of benzene rings is 2. The Morgan fingerprint density at radius 1 is 1.13 bits per heavy atom. The summed E-state index contributed by atoms with van der Waals surface area (Å²) < 4.78 is 34.9. The van der Waals surface area contributed by atoms with Crippen LogP contribution in [-0.2, 0) is 19.6 Å². The number of anilines is 1. The predicted octanol–water partition coefficient (Wildman–Crippen LogP) is 2.17. The summed E-state index contributed by atoms with van der Waals surface area (Å²) in [7, 11) is -2.63. The fraction of sp³-hybridized carbons (Fsp3) is 0.167. The largest absolute Gasteiger partial charge is 0.484 e. The van der Waals surface area contributed by atoms with Gasteiger partial charge in [-0.25, -0.2) is 18.2 Å². The molecule has 0 aliphatic rings. The standard InChI is InChI=1S/C18H18N4O6S2/c1-11-3-6-13(7-4-11)30(25,26)22-21-16(23)10-28-12-5-8-14-15(9-12)29-17(19-14)20-18(24)27-2/h3-9,22H,10H2,1-2H3,(H,21,23)(H,19,20,24). The van der Waals surface area contributed by atoms with Crippen LogP contribution in [0.2, 0.25) is 0 Å². The number of aryl methyl sites for hydroxylation is 1. The maximum absolute atomic E-state index is 12.2. The molecule has 0 aliphatic heterocycles. The highest BCUT2D eigenvalue weighted by molar-refractivity contribution is 7.89. The van der Waals surface area contributed by atoms with Crippen molar-refractivity contribution in [3.05, 3.63) is 48.0 Å². The summed E-state index contributed by atoms with van der Waals surface area (Å²) in [6.45, 7) is 1.43. The topological polar surface area (TPSA) is 136 Å². The molecule has 2 amide bonds. The van der Waals surface area contributed by atoms with Crippen LogP contribution in [0.3, 0.4) is 0 Å². The third-order valence-corrected chi connectivity index (χ3v) is 5.98. The van der Waals surface area contributed by atoms with Crippen LogP contribution in [0.15, 0.2) is 47.4 Å². The minimum absolute atomic E-state index is 0.0290. The highest BCUT2D eigenvalue weighted by atomic mass is 32.2. The van der Waals surface area contributed by atoms with Crippen molar-refractivity contribution in [3.63, 3.8) is 0 Å². The lowest BCUT2D eigenvalue weighted by atomic mass is 10.2. The number of carbonyl (C=O) groups is 2. The van der Waals surface area contributed by atoms with Gasteiger partial charge in [0.1, 0.15) is 5.75 Å². The van der Waals surface area contributed by atoms with E-state index in [1.165, 1.54) is 30.6 Å². The Morgan fingerprint density at radius 3 is 2.57 bits per heavy atom. The molecule has 0 saturated carbocycles. The number of fused-ring (bicyclic) bond motifs is 1. The molecule has 0 atom stereocenters. The van der Waals surface area contributed by atoms with E-state index < -0.39 is 28.6 Å². The summed E-state index contributed by atoms with van der Waals surface area (Å²) in [5.41, 5.74) is 3.65. The molecule has 10 nitrogen and oxygen atoms in total. The molecule has 3 rings (SSSR count). The fourth-order valence-corrected chi connectivity index (χ4v) is 4.01. The second kappa shape index (κ2) is 9.07. The number of carbonyl (C=O) groups excluding carboxylic acids is 2. The molecule has 30 heavy (non-hydrogen) atoms. The van der Waals surface area contributed by atoms with E-state index in [1.807, 2.05) is 11.8 Å². The number of hydrogen-bond acceptors (Lipinski definition) is 8. The van der Waals surface area contributed by atoms with Gasteiger partial charge in [0.2, 0.25) is 0 Å². The van der Waals surface area contributed by atoms with E-state index in [0.29, 0.717) is 16.4 Å². The summed E-state index contributed by atoms with van der Waals surface area (Å²) in [4.78, 5) is 29.5. The highest BCUT2D eigenvalue weighted by Crippen LogP contribution is 2.29. The van der Waals surface area contributed by atoms with Gasteiger partial charge in [-0.1, -0.05) is 29.0 Å². The minimum atomic E-state index is -3.88. The first-order valence-electron chi connectivity index (χ1n) is 8.52. The van der Waals surface area contributed by atoms with Gasteiger partial charge in [0.25, 0.3) is 15.9 Å². The third-order valence-electron chi connectivity index (χ3n) is 3.78. The first kappa shape index (κ1) is 21.5. The number of aromatic nitrogens is 1. The van der Waals surface area contributed by atoms with Crippen LogP contribution in [0, 0.1) is 6.92 Å². The molecule has 0 unspecified atom stereocenters. The van der Waals surface area contributed by atoms with Crippen molar-refractivity contribution in [3.8, 4) is 5.75 Å². The lowest BCUT2D eigenvalue weighted by Gasteiger charge is -2.09. The van der Waals surface area contributed by atoms with Crippen molar-refractivity contribution < 1.29 is 27.5 Å². The molecule has 3 aromatic rings. The van der Waals surface area contributed by atoms with E-state index in [4.69, 9.17) is 4.74 Å². The Morgan fingerprint density at radius 2 is 1.87 bits per heavy atom. The molecule has 2 aromatic carbocycles. The molecule has 3 N–H and O–H groups in total. The molecule has 1 heterocycles. The molecule has 0 fully saturated rings. The van der Waals surface area contributed by atoms with E-state index in [1.54, 1.807) is 30.3 Å². The number of rotatable bonds is 7. The predicted molar refractivity (Wildman–Crippen MR) is 111 cm³/mol. The van der Waals surface area contributed by atoms with Gasteiger partial charge >= 0.3 is 6.09 Å². The molecule has 158 valence electrons. The van der Waals surface area contributed by atoms with E-state index in [2.05, 4.69) is 20.5 Å². The van der Waals surface area contributed by atoms with E-state index in [-0.39, 0.29) is 4.90 Å². The van der Waals surface area contributed by atoms with E-state index in [0.717, 1.165) is 10.3 Å². The van der Waals surface area contributed by atoms with Crippen molar-refractivity contribution >= 4 is 48.7 Å². The molecule has 0 spiro atoms. The Labute approximate surface area is 176 Å². The number of nitrogens with zero attached hydrogens (tertiary/aromatic N) is 1. The summed E-state index contributed by atoms with van der Waals surface area (Å²) >= 11 is 1.21. The van der Waals surface area contributed by atoms with Crippen molar-refractivity contribution in [2.75, 3.05) is 19.0 Å². The monoisotopic (exact) mass is 450 g/mol. The van der Waals surface area contributed by atoms with Crippen LogP contribution < -0.4 is 20.3 Å². The number of nitrogens with one attached hydrogen (secondary N) is 3. The molecule has 12 heteroatoms. The number of methoxy groups -OCH3 is 1. The Kier molecular flexibility index (Phi) is 6.50. The van der Waals surface area contributed by atoms with Gasteiger partial charge in [-0.05, 0) is 37.3 Å². The number of amides is 2. The van der Waals surface area contributed by atoms with E-state index in [9.17, 15) is 18.0 Å². The molecule has 0 aliphatic carbocycles. The second-order valence-corrected chi connectivity index (χ2v) is 8.73. The summed E-state index contributed by atoms with van der Waals surface area (Å²) in [6.07, 6.45) is -0.629. The number of hydrazine groups is 1. The van der Waals surface area contributed by atoms with Crippen LogP contribution in [0.1, 0.15) is 5.56 Å². The summed E-state index contributed by atoms with van der Waals surface area (Å²) in [6, 6.07) is 11.1. The summed E-state index contributed by atoms with van der Waals surface area (Å²) in [5, 5.41) is 2.83. The minimum Gasteiger partial charge on any atom is -0.484 e. The SMILES string of the molecule is COC(=O)Nc1nc2ccc(OCC(=O)NNS(=O)(=O)c3ccc(C)cc3)cc2s1. The average molecular weight is 450 g/mol. The van der Waals surface area contributed by atoms with Crippen molar-refractivity contribution in [1.29, 1.82) is 0 Å². The smallest absolute Gasteiger partial charge is 0.413 e. The van der Waals surface area contributed by atoms with Crippen LogP contribution in [-0.4, -0.2) is 39.1 Å². The second-order valence-electron chi connectivity index (χ2n) is 6.02. The molecule has 0 radical (unpaired) electrons. The van der Waals surface area contributed by atoms with Gasteiger partial charge in [0.05, 0.1) is 22.2 Å². The van der Waals surface area contributed by atoms with Gasteiger partial charge in [-0.3, -0.25) is 15.5 Å². The lowest BCUT2D eigenvalue weighted by Crippen LogP contribution is -2.43. The summed E-state index contributed by atoms with van der Waals surface area (Å²) in [5.74, 6) is -0.296. The fourth-order valence-electron chi connectivity index (χ4n) is 2.27. The maximum atomic E-state index is 12.2. The molecule has 1 aromatic heterocycles. The number of ether oxygens (including phenoxy) is 2. The molecule has 0 saturated heterocycles. The lowest BCUT2D eigenvalue weighted by molar-refractivity contribution is -0.123. The van der Waals surface area contributed by atoms with Crippen LogP contribution in [0.4, 0.5) is 9.93 Å². The Balaban J connectivity index is 1.55. The van der Waals surface area contributed by atoms with Gasteiger partial charge in [0.15, 0.2) is 11.7 Å². The zero-order chi connectivity index (χ0) is 21.7. The normalized spacial score (nSPS) is 11.1. The quantitative estimate of drug-likeness (QED) is 0.469. The number of sulfonamides is 1. The van der Waals surface area contributed by atoms with Crippen LogP contribution >= 0.6 is 11.3 Å². The van der Waals surface area contributed by atoms with Gasteiger partial charge in [-0.15, -0.1) is 4.83 Å². The molecule has 0 bridgehead atoms. The molecular formula is C18H18N4O6S2. The van der Waals surface area contributed by atoms with Crippen molar-refractivity contribution in [1.82, 2.24) is 15.2 Å². The Bertz CT molecular complexity index is 1180. The van der Waals surface area contributed by atoms with Crippen LogP contribution in [0.25, 0.3) is 10.2 Å². The zero-order valence-corrected chi connectivity index (χ0v) is 17.6. The van der Waals surface area contributed by atoms with Gasteiger partial charge < -0.3 is 9.47 Å². The molecular weight excluding hydrogens is 432 g/mol. The zero-order valence-electron chi connectivity index (χ0n) is 16.0. The van der Waals surface area contributed by atoms with Crippen molar-refractivity contribution in [2.45, 2.75) is 11.8 Å². The average Bonchev–Trinajstić information content (AvgIpc) is 3.12. The first-order valence-corrected chi connectivity index (χ1v) is 10.8. The Hall–Kier alpha value is -3.22. The third kappa shape index (κ3) is 5.43. The van der Waals surface area contributed by atoms with Gasteiger partial charge in [-0.2, -0.15) is 0 Å². The van der Waals surface area contributed by atoms with Crippen LogP contribution in [0.5, 0.6) is 5.75 Å². The van der Waals surface area contributed by atoms with Crippen molar-refractivity contribution in [2.24, 2.45) is 0 Å². The number of hydrogen-bond donors (Lipinski definition) is 3. The van der Waals surface area contributed by atoms with E-state index >= 15 is 0 Å². The number of thiazole rings is 1. The highest BCUT2D eigenvalue weighted by Gasteiger charge is 2.15. The first-order chi connectivity index (χ1) is 14.3.